The minimum Gasteiger partial charge on any atom is -0.324 e. The van der Waals surface area contributed by atoms with Crippen LogP contribution in [0.1, 0.15) is 36.9 Å². The summed E-state index contributed by atoms with van der Waals surface area (Å²) in [4.78, 5) is 11.6. The van der Waals surface area contributed by atoms with Crippen molar-refractivity contribution in [1.82, 2.24) is 19.5 Å². The zero-order chi connectivity index (χ0) is 22.8. The number of aromatic nitrogens is 4. The minimum absolute atomic E-state index is 0.00841. The fourth-order valence-electron chi connectivity index (χ4n) is 3.28. The van der Waals surface area contributed by atoms with E-state index in [0.29, 0.717) is 6.07 Å². The first-order valence-corrected chi connectivity index (χ1v) is 11.0. The Hall–Kier alpha value is -2.63. The molecule has 0 bridgehead atoms. The van der Waals surface area contributed by atoms with E-state index in [4.69, 9.17) is 0 Å². The first-order valence-electron chi connectivity index (χ1n) is 9.37. The summed E-state index contributed by atoms with van der Waals surface area (Å²) in [6.07, 6.45) is -1.55. The van der Waals surface area contributed by atoms with E-state index < -0.39 is 27.6 Å². The molecule has 0 spiro atoms. The molecule has 1 saturated carbocycles. The molecule has 0 amide bonds. The van der Waals surface area contributed by atoms with Gasteiger partial charge < -0.3 is 4.57 Å². The molecule has 4 rings (SSSR count). The van der Waals surface area contributed by atoms with E-state index in [-0.39, 0.29) is 39.1 Å². The van der Waals surface area contributed by atoms with Gasteiger partial charge in [-0.3, -0.25) is 9.97 Å². The van der Waals surface area contributed by atoms with Gasteiger partial charge in [0.15, 0.2) is 15.7 Å². The van der Waals surface area contributed by atoms with Crippen molar-refractivity contribution >= 4 is 20.9 Å². The van der Waals surface area contributed by atoms with Crippen LogP contribution < -0.4 is 0 Å². The van der Waals surface area contributed by atoms with E-state index in [1.807, 2.05) is 0 Å². The van der Waals surface area contributed by atoms with E-state index in [0.717, 1.165) is 24.6 Å². The number of hydrogen-bond acceptors (Lipinski definition) is 5. The van der Waals surface area contributed by atoms with E-state index in [1.165, 1.54) is 18.5 Å². The maximum absolute atomic E-state index is 13.7. The molecule has 12 heteroatoms. The summed E-state index contributed by atoms with van der Waals surface area (Å²) in [6, 6.07) is 2.10. The predicted molar refractivity (Wildman–Crippen MR) is 101 cm³/mol. The quantitative estimate of drug-likeness (QED) is 0.529. The molecular weight excluding hydrogens is 443 g/mol. The Bertz CT molecular complexity index is 1280. The number of halogens is 5. The van der Waals surface area contributed by atoms with Gasteiger partial charge in [0.05, 0.1) is 27.9 Å². The SMILES string of the molecule is CCS(=O)(=O)c1cc(C2CC2)cnc1-c1nc2cc(C(F)(F)C(F)(F)F)ncc2n1C. The third-order valence-corrected chi connectivity index (χ3v) is 7.04. The molecule has 3 aromatic rings. The maximum atomic E-state index is 13.7. The Morgan fingerprint density at radius 2 is 1.77 bits per heavy atom. The monoisotopic (exact) mass is 460 g/mol. The molecule has 0 aliphatic heterocycles. The molecule has 0 N–H and O–H groups in total. The van der Waals surface area contributed by atoms with Crippen LogP contribution in [0.4, 0.5) is 22.0 Å². The van der Waals surface area contributed by atoms with Crippen molar-refractivity contribution in [3.8, 4) is 11.5 Å². The second-order valence-electron chi connectivity index (χ2n) is 7.42. The van der Waals surface area contributed by atoms with Crippen LogP contribution in [-0.2, 0) is 22.8 Å². The molecule has 0 radical (unpaired) electrons. The van der Waals surface area contributed by atoms with Gasteiger partial charge >= 0.3 is 12.1 Å². The average molecular weight is 460 g/mol. The lowest BCUT2D eigenvalue weighted by atomic mass is 10.2. The number of rotatable bonds is 5. The zero-order valence-electron chi connectivity index (χ0n) is 16.4. The topological polar surface area (TPSA) is 77.7 Å². The van der Waals surface area contributed by atoms with Crippen LogP contribution in [0, 0.1) is 0 Å². The van der Waals surface area contributed by atoms with Crippen LogP contribution >= 0.6 is 0 Å². The lowest BCUT2D eigenvalue weighted by Crippen LogP contribution is -2.34. The van der Waals surface area contributed by atoms with Crippen molar-refractivity contribution in [3.63, 3.8) is 0 Å². The molecule has 6 nitrogen and oxygen atoms in total. The number of pyridine rings is 2. The molecule has 1 fully saturated rings. The standard InChI is InChI=1S/C19H17F5N4O2S/c1-3-31(29,30)14-6-11(10-4-5-10)8-26-16(14)17-27-12-7-15(18(20,21)19(22,23)24)25-9-13(12)28(17)2/h6-10H,3-5H2,1-2H3. The van der Waals surface area contributed by atoms with Crippen molar-refractivity contribution < 1.29 is 30.4 Å². The highest BCUT2D eigenvalue weighted by Crippen LogP contribution is 2.44. The number of sulfone groups is 1. The van der Waals surface area contributed by atoms with Gasteiger partial charge in [-0.15, -0.1) is 0 Å². The average Bonchev–Trinajstić information content (AvgIpc) is 3.50. The molecule has 3 aromatic heterocycles. The number of hydrogen-bond donors (Lipinski definition) is 0. The second kappa shape index (κ2) is 6.94. The van der Waals surface area contributed by atoms with Crippen LogP contribution in [0.15, 0.2) is 29.4 Å². The molecule has 0 unspecified atom stereocenters. The largest absolute Gasteiger partial charge is 0.459 e. The zero-order valence-corrected chi connectivity index (χ0v) is 17.2. The normalized spacial score (nSPS) is 15.6. The fourth-order valence-corrected chi connectivity index (χ4v) is 4.34. The van der Waals surface area contributed by atoms with Crippen molar-refractivity contribution in [2.24, 2.45) is 7.05 Å². The van der Waals surface area contributed by atoms with Crippen LogP contribution in [0.2, 0.25) is 0 Å². The van der Waals surface area contributed by atoms with Crippen LogP contribution in [0.3, 0.4) is 0 Å². The predicted octanol–water partition coefficient (Wildman–Crippen LogP) is 4.36. The highest BCUT2D eigenvalue weighted by Gasteiger charge is 2.60. The van der Waals surface area contributed by atoms with Gasteiger partial charge in [0.25, 0.3) is 0 Å². The van der Waals surface area contributed by atoms with Crippen molar-refractivity contribution in [2.45, 2.75) is 42.7 Å². The van der Waals surface area contributed by atoms with Gasteiger partial charge in [0, 0.05) is 13.2 Å². The molecule has 166 valence electrons. The number of aryl methyl sites for hydroxylation is 1. The lowest BCUT2D eigenvalue weighted by Gasteiger charge is -2.18. The van der Waals surface area contributed by atoms with Crippen LogP contribution in [-0.4, -0.2) is 39.9 Å². The molecule has 1 aliphatic carbocycles. The molecule has 0 saturated heterocycles. The first-order chi connectivity index (χ1) is 14.4. The number of alkyl halides is 5. The summed E-state index contributed by atoms with van der Waals surface area (Å²) in [5.74, 6) is -5.08. The highest BCUT2D eigenvalue weighted by molar-refractivity contribution is 7.91. The summed E-state index contributed by atoms with van der Waals surface area (Å²) in [6.45, 7) is 1.48. The summed E-state index contributed by atoms with van der Waals surface area (Å²) < 4.78 is 92.3. The van der Waals surface area contributed by atoms with Crippen molar-refractivity contribution in [1.29, 1.82) is 0 Å². The number of imidazole rings is 1. The van der Waals surface area contributed by atoms with Gasteiger partial charge in [0.2, 0.25) is 0 Å². The Morgan fingerprint density at radius 1 is 1.10 bits per heavy atom. The van der Waals surface area contributed by atoms with E-state index in [9.17, 15) is 30.4 Å². The fraction of sp³-hybridized carbons (Fsp3) is 0.421. The van der Waals surface area contributed by atoms with Gasteiger partial charge in [-0.25, -0.2) is 13.4 Å². The van der Waals surface area contributed by atoms with E-state index in [1.54, 1.807) is 12.3 Å². The van der Waals surface area contributed by atoms with Crippen molar-refractivity contribution in [3.05, 3.63) is 35.8 Å². The number of fused-ring (bicyclic) bond motifs is 1. The second-order valence-corrected chi connectivity index (χ2v) is 9.66. The van der Waals surface area contributed by atoms with Gasteiger partial charge in [0.1, 0.15) is 11.4 Å². The smallest absolute Gasteiger partial charge is 0.324 e. The highest BCUT2D eigenvalue weighted by atomic mass is 32.2. The summed E-state index contributed by atoms with van der Waals surface area (Å²) in [5.41, 5.74) is -0.725. The van der Waals surface area contributed by atoms with Gasteiger partial charge in [-0.1, -0.05) is 6.92 Å². The molecule has 31 heavy (non-hydrogen) atoms. The van der Waals surface area contributed by atoms with Crippen LogP contribution in [0.5, 0.6) is 0 Å². The Morgan fingerprint density at radius 3 is 2.35 bits per heavy atom. The molecule has 3 heterocycles. The summed E-state index contributed by atoms with van der Waals surface area (Å²) in [5, 5.41) is 0. The Kier molecular flexibility index (Phi) is 4.83. The maximum Gasteiger partial charge on any atom is 0.459 e. The molecule has 1 aliphatic rings. The third kappa shape index (κ3) is 3.56. The summed E-state index contributed by atoms with van der Waals surface area (Å²) >= 11 is 0. The molecule has 0 atom stereocenters. The van der Waals surface area contributed by atoms with Gasteiger partial charge in [-0.05, 0) is 36.5 Å². The first kappa shape index (κ1) is 21.6. The third-order valence-electron chi connectivity index (χ3n) is 5.29. The van der Waals surface area contributed by atoms with Gasteiger partial charge in [-0.2, -0.15) is 22.0 Å². The minimum atomic E-state index is -5.81. The van der Waals surface area contributed by atoms with Crippen LogP contribution in [0.25, 0.3) is 22.6 Å². The lowest BCUT2D eigenvalue weighted by molar-refractivity contribution is -0.290. The van der Waals surface area contributed by atoms with Crippen molar-refractivity contribution in [2.75, 3.05) is 5.75 Å². The molecule has 0 aromatic carbocycles. The Balaban J connectivity index is 1.90. The van der Waals surface area contributed by atoms with E-state index >= 15 is 0 Å². The molecular formula is C19H17F5N4O2S. The summed E-state index contributed by atoms with van der Waals surface area (Å²) in [7, 11) is -2.23. The Labute approximate surface area is 174 Å². The van der Waals surface area contributed by atoms with E-state index in [2.05, 4.69) is 15.0 Å². The number of nitrogens with zero attached hydrogens (tertiary/aromatic N) is 4.